The zero-order valence-corrected chi connectivity index (χ0v) is 11.4. The first-order chi connectivity index (χ1) is 9.11. The minimum Gasteiger partial charge on any atom is -0.496 e. The Kier molecular flexibility index (Phi) is 4.17. The Morgan fingerprint density at radius 1 is 1.16 bits per heavy atom. The Bertz CT molecular complexity index is 411. The van der Waals surface area contributed by atoms with Crippen LogP contribution in [0.2, 0.25) is 0 Å². The molecule has 0 saturated heterocycles. The SMILES string of the molecule is COc1cc(OC)cc(OCC(N)(CO)C2CC2)c1. The standard InChI is InChI=1S/C14H21NO4/c1-17-11-5-12(18-2)7-13(6-11)19-9-14(15,8-16)10-3-4-10/h5-7,10,16H,3-4,8-9,15H2,1-2H3. The molecule has 0 bridgehead atoms. The number of benzene rings is 1. The van der Waals surface area contributed by atoms with Gasteiger partial charge in [-0.2, -0.15) is 0 Å². The molecule has 0 aliphatic heterocycles. The number of hydrogen-bond acceptors (Lipinski definition) is 5. The van der Waals surface area contributed by atoms with Crippen molar-refractivity contribution >= 4 is 0 Å². The highest BCUT2D eigenvalue weighted by Crippen LogP contribution is 2.38. The number of hydrogen-bond donors (Lipinski definition) is 2. The maximum absolute atomic E-state index is 9.42. The van der Waals surface area contributed by atoms with E-state index >= 15 is 0 Å². The molecule has 106 valence electrons. The van der Waals surface area contributed by atoms with Gasteiger partial charge in [0, 0.05) is 18.2 Å². The van der Waals surface area contributed by atoms with E-state index in [1.165, 1.54) is 0 Å². The van der Waals surface area contributed by atoms with Crippen LogP contribution in [-0.2, 0) is 0 Å². The fourth-order valence-corrected chi connectivity index (χ4v) is 2.03. The van der Waals surface area contributed by atoms with Gasteiger partial charge in [-0.25, -0.2) is 0 Å². The number of ether oxygens (including phenoxy) is 3. The molecular weight excluding hydrogens is 246 g/mol. The molecule has 1 aromatic carbocycles. The van der Waals surface area contributed by atoms with Gasteiger partial charge < -0.3 is 25.1 Å². The van der Waals surface area contributed by atoms with Crippen LogP contribution < -0.4 is 19.9 Å². The van der Waals surface area contributed by atoms with Crippen molar-refractivity contribution in [3.63, 3.8) is 0 Å². The summed E-state index contributed by atoms with van der Waals surface area (Å²) in [7, 11) is 3.17. The van der Waals surface area contributed by atoms with Gasteiger partial charge in [0.1, 0.15) is 23.9 Å². The Morgan fingerprint density at radius 2 is 1.68 bits per heavy atom. The van der Waals surface area contributed by atoms with Gasteiger partial charge in [-0.05, 0) is 18.8 Å². The highest BCUT2D eigenvalue weighted by atomic mass is 16.5. The van der Waals surface area contributed by atoms with Gasteiger partial charge in [-0.1, -0.05) is 0 Å². The van der Waals surface area contributed by atoms with E-state index in [0.29, 0.717) is 23.2 Å². The molecule has 1 fully saturated rings. The van der Waals surface area contributed by atoms with Crippen molar-refractivity contribution in [1.29, 1.82) is 0 Å². The molecule has 1 unspecified atom stereocenters. The van der Waals surface area contributed by atoms with E-state index in [-0.39, 0.29) is 13.2 Å². The minimum absolute atomic E-state index is 0.0707. The lowest BCUT2D eigenvalue weighted by Crippen LogP contribution is -2.51. The number of methoxy groups -OCH3 is 2. The molecule has 3 N–H and O–H groups in total. The van der Waals surface area contributed by atoms with Crippen molar-refractivity contribution in [2.45, 2.75) is 18.4 Å². The average Bonchev–Trinajstić information content (AvgIpc) is 3.29. The lowest BCUT2D eigenvalue weighted by molar-refractivity contribution is 0.116. The van der Waals surface area contributed by atoms with Crippen molar-refractivity contribution in [2.75, 3.05) is 27.4 Å². The van der Waals surface area contributed by atoms with Crippen molar-refractivity contribution < 1.29 is 19.3 Å². The van der Waals surface area contributed by atoms with Crippen molar-refractivity contribution in [3.05, 3.63) is 18.2 Å². The molecule has 5 nitrogen and oxygen atoms in total. The monoisotopic (exact) mass is 267 g/mol. The molecule has 5 heteroatoms. The van der Waals surface area contributed by atoms with Gasteiger partial charge >= 0.3 is 0 Å². The first kappa shape index (κ1) is 14.0. The van der Waals surface area contributed by atoms with Crippen LogP contribution in [0.4, 0.5) is 0 Å². The first-order valence-corrected chi connectivity index (χ1v) is 6.37. The maximum atomic E-state index is 9.42. The molecule has 1 aliphatic carbocycles. The highest BCUT2D eigenvalue weighted by Gasteiger charge is 2.42. The van der Waals surface area contributed by atoms with E-state index in [2.05, 4.69) is 0 Å². The summed E-state index contributed by atoms with van der Waals surface area (Å²) >= 11 is 0. The molecule has 0 spiro atoms. The van der Waals surface area contributed by atoms with Gasteiger partial charge in [-0.15, -0.1) is 0 Å². The van der Waals surface area contributed by atoms with Crippen LogP contribution >= 0.6 is 0 Å². The molecule has 0 radical (unpaired) electrons. The predicted octanol–water partition coefficient (Wildman–Crippen LogP) is 1.18. The highest BCUT2D eigenvalue weighted by molar-refractivity contribution is 5.42. The molecule has 1 aromatic rings. The summed E-state index contributed by atoms with van der Waals surface area (Å²) in [4.78, 5) is 0. The molecular formula is C14H21NO4. The Hall–Kier alpha value is -1.46. The fourth-order valence-electron chi connectivity index (χ4n) is 2.03. The average molecular weight is 267 g/mol. The smallest absolute Gasteiger partial charge is 0.126 e. The summed E-state index contributed by atoms with van der Waals surface area (Å²) in [5.74, 6) is 2.30. The number of nitrogens with two attached hydrogens (primary N) is 1. The minimum atomic E-state index is -0.656. The van der Waals surface area contributed by atoms with E-state index in [4.69, 9.17) is 19.9 Å². The molecule has 0 heterocycles. The maximum Gasteiger partial charge on any atom is 0.126 e. The third-order valence-electron chi connectivity index (χ3n) is 3.52. The van der Waals surface area contributed by atoms with E-state index in [1.807, 2.05) is 0 Å². The van der Waals surface area contributed by atoms with Crippen LogP contribution in [-0.4, -0.2) is 38.1 Å². The zero-order chi connectivity index (χ0) is 13.9. The zero-order valence-electron chi connectivity index (χ0n) is 11.4. The second-order valence-electron chi connectivity index (χ2n) is 5.00. The Balaban J connectivity index is 2.05. The summed E-state index contributed by atoms with van der Waals surface area (Å²) in [6.45, 7) is 0.212. The van der Waals surface area contributed by atoms with E-state index < -0.39 is 5.54 Å². The quantitative estimate of drug-likeness (QED) is 0.776. The van der Waals surface area contributed by atoms with Crippen LogP contribution in [0.5, 0.6) is 17.2 Å². The number of aliphatic hydroxyl groups is 1. The summed E-state index contributed by atoms with van der Waals surface area (Å²) in [6, 6.07) is 5.32. The van der Waals surface area contributed by atoms with E-state index in [9.17, 15) is 5.11 Å². The van der Waals surface area contributed by atoms with Crippen LogP contribution in [0.15, 0.2) is 18.2 Å². The Morgan fingerprint density at radius 3 is 2.11 bits per heavy atom. The summed E-state index contributed by atoms with van der Waals surface area (Å²) in [6.07, 6.45) is 2.11. The third kappa shape index (κ3) is 3.30. The summed E-state index contributed by atoms with van der Waals surface area (Å²) < 4.78 is 16.1. The van der Waals surface area contributed by atoms with Gasteiger partial charge in [0.05, 0.1) is 26.4 Å². The molecule has 1 saturated carbocycles. The lowest BCUT2D eigenvalue weighted by Gasteiger charge is -2.27. The molecule has 1 atom stereocenters. The molecule has 19 heavy (non-hydrogen) atoms. The topological polar surface area (TPSA) is 73.9 Å². The Labute approximate surface area is 113 Å². The second kappa shape index (κ2) is 5.67. The van der Waals surface area contributed by atoms with E-state index in [1.54, 1.807) is 32.4 Å². The van der Waals surface area contributed by atoms with Gasteiger partial charge in [0.2, 0.25) is 0 Å². The normalized spacial score (nSPS) is 17.7. The second-order valence-corrected chi connectivity index (χ2v) is 5.00. The summed E-state index contributed by atoms with van der Waals surface area (Å²) in [5, 5.41) is 9.42. The van der Waals surface area contributed by atoms with Gasteiger partial charge in [0.25, 0.3) is 0 Å². The first-order valence-electron chi connectivity index (χ1n) is 6.37. The van der Waals surface area contributed by atoms with Crippen molar-refractivity contribution in [1.82, 2.24) is 0 Å². The van der Waals surface area contributed by atoms with Crippen LogP contribution in [0.25, 0.3) is 0 Å². The van der Waals surface area contributed by atoms with Crippen molar-refractivity contribution in [3.8, 4) is 17.2 Å². The van der Waals surface area contributed by atoms with Gasteiger partial charge in [0.15, 0.2) is 0 Å². The summed E-state index contributed by atoms with van der Waals surface area (Å²) in [5.41, 5.74) is 5.50. The molecule has 0 aromatic heterocycles. The molecule has 2 rings (SSSR count). The van der Waals surface area contributed by atoms with Crippen molar-refractivity contribution in [2.24, 2.45) is 11.7 Å². The predicted molar refractivity (Wildman–Crippen MR) is 71.8 cm³/mol. The van der Waals surface area contributed by atoms with E-state index in [0.717, 1.165) is 12.8 Å². The van der Waals surface area contributed by atoms with Gasteiger partial charge in [-0.3, -0.25) is 0 Å². The lowest BCUT2D eigenvalue weighted by atomic mass is 9.97. The molecule has 0 amide bonds. The number of rotatable bonds is 7. The van der Waals surface area contributed by atoms with Crippen LogP contribution in [0, 0.1) is 5.92 Å². The third-order valence-corrected chi connectivity index (χ3v) is 3.52. The molecule has 1 aliphatic rings. The fraction of sp³-hybridized carbons (Fsp3) is 0.571. The van der Waals surface area contributed by atoms with Crippen LogP contribution in [0.1, 0.15) is 12.8 Å². The van der Waals surface area contributed by atoms with Crippen LogP contribution in [0.3, 0.4) is 0 Å². The number of aliphatic hydroxyl groups excluding tert-OH is 1. The largest absolute Gasteiger partial charge is 0.496 e.